The maximum Gasteiger partial charge on any atom is 0.293 e. The van der Waals surface area contributed by atoms with Crippen molar-refractivity contribution in [3.8, 4) is 22.5 Å². The van der Waals surface area contributed by atoms with E-state index in [-0.39, 0.29) is 7.24 Å². The lowest BCUT2D eigenvalue weighted by molar-refractivity contribution is -0.128. The van der Waals surface area contributed by atoms with E-state index >= 15 is 0 Å². The molecule has 0 spiro atoms. The highest BCUT2D eigenvalue weighted by Gasteiger charge is 2.37. The van der Waals surface area contributed by atoms with E-state index in [4.69, 9.17) is 9.97 Å². The second-order valence-corrected chi connectivity index (χ2v) is 10.0. The maximum absolute atomic E-state index is 13.9. The van der Waals surface area contributed by atoms with E-state index in [1.54, 1.807) is 6.92 Å². The molecule has 0 amide bonds. The predicted molar refractivity (Wildman–Crippen MR) is 145 cm³/mol. The highest BCUT2D eigenvalue weighted by Crippen LogP contribution is 2.49. The first-order valence-corrected chi connectivity index (χ1v) is 13.1. The molecule has 3 fully saturated rings. The second-order valence-electron chi connectivity index (χ2n) is 10.0. The Morgan fingerprint density at radius 3 is 2.63 bits per heavy atom. The fourth-order valence-corrected chi connectivity index (χ4v) is 6.09. The number of hydrogen-bond donors (Lipinski definition) is 1. The van der Waals surface area contributed by atoms with Gasteiger partial charge in [0.2, 0.25) is 0 Å². The van der Waals surface area contributed by atoms with E-state index in [9.17, 15) is 9.18 Å². The number of nitrogens with one attached hydrogen (secondary N) is 1. The van der Waals surface area contributed by atoms with Crippen LogP contribution in [0.25, 0.3) is 44.6 Å². The number of hydrogen-bond acceptors (Lipinski definition) is 6. The number of aromatic amines is 1. The number of carbonyl (C=O) groups excluding carboxylic acids is 1. The van der Waals surface area contributed by atoms with Crippen molar-refractivity contribution in [2.75, 3.05) is 6.61 Å². The van der Waals surface area contributed by atoms with E-state index < -0.39 is 0 Å². The third kappa shape index (κ3) is 4.42. The summed E-state index contributed by atoms with van der Waals surface area (Å²) in [5.41, 5.74) is 4.59. The van der Waals surface area contributed by atoms with E-state index in [1.807, 2.05) is 36.9 Å². The highest BCUT2D eigenvalue weighted by atomic mass is 19.1. The number of pyridine rings is 2. The maximum atomic E-state index is 13.9. The van der Waals surface area contributed by atoms with Gasteiger partial charge in [-0.2, -0.15) is 0 Å². The first-order chi connectivity index (χ1) is 18.7. The third-order valence-electron chi connectivity index (χ3n) is 7.90. The summed E-state index contributed by atoms with van der Waals surface area (Å²) >= 11 is 0. The average Bonchev–Trinajstić information content (AvgIpc) is 3.56. The lowest BCUT2D eigenvalue weighted by Gasteiger charge is -2.43. The highest BCUT2D eigenvalue weighted by molar-refractivity contribution is 5.96. The lowest BCUT2D eigenvalue weighted by atomic mass is 9.68. The molecule has 3 saturated carbocycles. The van der Waals surface area contributed by atoms with Gasteiger partial charge in [0.05, 0.1) is 12.8 Å². The molecule has 3 aliphatic rings. The van der Waals surface area contributed by atoms with Crippen LogP contribution in [-0.2, 0) is 9.53 Å². The molecular formula is C29H31FN6O2. The van der Waals surface area contributed by atoms with Gasteiger partial charge in [-0.25, -0.2) is 19.3 Å². The zero-order chi connectivity index (χ0) is 26.1. The van der Waals surface area contributed by atoms with Crippen LogP contribution in [0.4, 0.5) is 4.39 Å². The Balaban J connectivity index is 0.000000474. The third-order valence-corrected chi connectivity index (χ3v) is 7.90. The van der Waals surface area contributed by atoms with Crippen molar-refractivity contribution in [1.29, 1.82) is 0 Å². The Hall–Kier alpha value is -4.14. The number of aromatic nitrogens is 6. The van der Waals surface area contributed by atoms with Crippen LogP contribution in [0.5, 0.6) is 0 Å². The predicted octanol–water partition coefficient (Wildman–Crippen LogP) is 6.35. The molecule has 8 rings (SSSR count). The van der Waals surface area contributed by atoms with Crippen molar-refractivity contribution >= 4 is 28.5 Å². The monoisotopic (exact) mass is 514 g/mol. The Bertz CT molecular complexity index is 1580. The van der Waals surface area contributed by atoms with Gasteiger partial charge in [0.1, 0.15) is 17.1 Å². The Morgan fingerprint density at radius 1 is 1.13 bits per heavy atom. The summed E-state index contributed by atoms with van der Waals surface area (Å²) in [7, 11) is 0. The number of ether oxygens (including phenoxy) is 1. The van der Waals surface area contributed by atoms with Crippen molar-refractivity contribution < 1.29 is 15.3 Å². The summed E-state index contributed by atoms with van der Waals surface area (Å²) in [6.45, 7) is 2.66. The Morgan fingerprint density at radius 2 is 1.95 bits per heavy atom. The zero-order valence-electron chi connectivity index (χ0n) is 21.2. The van der Waals surface area contributed by atoms with E-state index in [0.717, 1.165) is 33.6 Å². The van der Waals surface area contributed by atoms with Crippen molar-refractivity contribution in [2.24, 2.45) is 11.8 Å². The second kappa shape index (κ2) is 10.3. The molecule has 2 bridgehead atoms. The van der Waals surface area contributed by atoms with Crippen LogP contribution in [0.1, 0.15) is 46.5 Å². The summed E-state index contributed by atoms with van der Waals surface area (Å²) in [5.74, 6) is 1.72. The van der Waals surface area contributed by atoms with Crippen LogP contribution in [0.2, 0.25) is 0 Å². The Labute approximate surface area is 220 Å². The largest absolute Gasteiger partial charge is 0.468 e. The molecule has 38 heavy (non-hydrogen) atoms. The SMILES string of the molecule is CCOC=O.Fc1cnc2[nH]cc(-c3ncc4c(-c5ccncc5)cn([C@H]5CC6CCC5CC6)c4n3)c2c1.[HH]. The van der Waals surface area contributed by atoms with Crippen LogP contribution in [0, 0.1) is 17.7 Å². The molecular weight excluding hydrogens is 483 g/mol. The van der Waals surface area contributed by atoms with Crippen molar-refractivity contribution in [1.82, 2.24) is 29.5 Å². The van der Waals surface area contributed by atoms with Gasteiger partial charge in [-0.1, -0.05) is 12.8 Å². The number of H-pyrrole nitrogens is 1. The number of fused-ring (bicyclic) bond motifs is 5. The summed E-state index contributed by atoms with van der Waals surface area (Å²) < 4.78 is 20.5. The van der Waals surface area contributed by atoms with Crippen LogP contribution >= 0.6 is 0 Å². The summed E-state index contributed by atoms with van der Waals surface area (Å²) in [6.07, 6.45) is 17.4. The number of nitrogens with zero attached hydrogens (tertiary/aromatic N) is 5. The number of rotatable bonds is 5. The molecule has 5 heterocycles. The summed E-state index contributed by atoms with van der Waals surface area (Å²) in [4.78, 5) is 30.4. The minimum atomic E-state index is -0.369. The molecule has 5 aromatic rings. The van der Waals surface area contributed by atoms with E-state index in [2.05, 4.69) is 30.5 Å². The molecule has 0 radical (unpaired) electrons. The molecule has 0 saturated heterocycles. The van der Waals surface area contributed by atoms with Gasteiger partial charge in [0, 0.05) is 60.4 Å². The van der Waals surface area contributed by atoms with E-state index in [0.29, 0.717) is 41.9 Å². The van der Waals surface area contributed by atoms with Gasteiger partial charge in [0.15, 0.2) is 5.82 Å². The van der Waals surface area contributed by atoms with Gasteiger partial charge >= 0.3 is 0 Å². The van der Waals surface area contributed by atoms with Gasteiger partial charge in [0.25, 0.3) is 6.47 Å². The fraction of sp³-hybridized carbons (Fsp3) is 0.345. The van der Waals surface area contributed by atoms with Crippen LogP contribution in [0.15, 0.2) is 55.4 Å². The Kier molecular flexibility index (Phi) is 6.57. The van der Waals surface area contributed by atoms with Crippen LogP contribution in [0.3, 0.4) is 0 Å². The lowest BCUT2D eigenvalue weighted by Crippen LogP contribution is -2.32. The molecule has 3 aliphatic carbocycles. The molecule has 0 aliphatic heterocycles. The molecule has 1 atom stereocenters. The standard InChI is InChI=1S/C26H23FN6.C3H6O2.H2/c27-18-10-19-20(12-30-24(19)29-11-18)25-31-13-21-22(16-5-7-28-8-6-16)14-33(26(21)32-25)23-9-15-1-3-17(23)4-2-15;1-2-5-3-4;/h5-8,10-15,17,23H,1-4,9H2,(H,29,30);3H,2H2,1H3;1H/t15?,17?,23-;;/m0../s1. The smallest absolute Gasteiger partial charge is 0.293 e. The molecule has 8 nitrogen and oxygen atoms in total. The molecule has 1 N–H and O–H groups in total. The molecule has 0 unspecified atom stereocenters. The molecule has 196 valence electrons. The fourth-order valence-electron chi connectivity index (χ4n) is 6.09. The quantitative estimate of drug-likeness (QED) is 0.274. The zero-order valence-corrected chi connectivity index (χ0v) is 21.2. The number of carbonyl (C=O) groups is 1. The van der Waals surface area contributed by atoms with E-state index in [1.165, 1.54) is 44.4 Å². The average molecular weight is 515 g/mol. The summed E-state index contributed by atoms with van der Waals surface area (Å²) in [5, 5.41) is 1.73. The molecule has 5 aromatic heterocycles. The normalized spacial score (nSPS) is 20.3. The molecule has 9 heteroatoms. The van der Waals surface area contributed by atoms with Crippen LogP contribution in [-0.4, -0.2) is 42.6 Å². The van der Waals surface area contributed by atoms with Gasteiger partial charge in [-0.3, -0.25) is 9.78 Å². The van der Waals surface area contributed by atoms with Gasteiger partial charge in [-0.15, -0.1) is 0 Å². The van der Waals surface area contributed by atoms with Crippen molar-refractivity contribution in [2.45, 2.75) is 45.1 Å². The topological polar surface area (TPSA) is 98.6 Å². The number of halogens is 1. The first-order valence-electron chi connectivity index (χ1n) is 13.1. The van der Waals surface area contributed by atoms with Crippen LogP contribution < -0.4 is 0 Å². The van der Waals surface area contributed by atoms with Crippen molar-refractivity contribution in [3.63, 3.8) is 0 Å². The van der Waals surface area contributed by atoms with Crippen molar-refractivity contribution in [3.05, 3.63) is 61.2 Å². The first kappa shape index (κ1) is 24.2. The molecule has 0 aromatic carbocycles. The summed E-state index contributed by atoms with van der Waals surface area (Å²) in [6, 6.07) is 6.02. The minimum absolute atomic E-state index is 0. The van der Waals surface area contributed by atoms with Gasteiger partial charge < -0.3 is 14.3 Å². The van der Waals surface area contributed by atoms with Gasteiger partial charge in [-0.05, 0) is 61.8 Å². The minimum Gasteiger partial charge on any atom is -0.468 e.